The van der Waals surface area contributed by atoms with Crippen LogP contribution in [0.2, 0.25) is 10.0 Å². The quantitative estimate of drug-likeness (QED) is 0.513. The number of likely N-dealkylation sites (tertiary alicyclic amines) is 1. The first-order chi connectivity index (χ1) is 15.0. The molecule has 1 atom stereocenters. The molecular formula is C24H30Cl2N2O3. The Bertz CT molecular complexity index is 845. The minimum absolute atomic E-state index is 0.0910. The number of benzene rings is 2. The number of nitrogens with zero attached hydrogens (tertiary/aromatic N) is 1. The highest BCUT2D eigenvalue weighted by Crippen LogP contribution is 2.34. The van der Waals surface area contributed by atoms with Crippen molar-refractivity contribution in [3.63, 3.8) is 0 Å². The van der Waals surface area contributed by atoms with Gasteiger partial charge >= 0.3 is 0 Å². The number of hydrogen-bond acceptors (Lipinski definition) is 4. The molecule has 31 heavy (non-hydrogen) atoms. The molecule has 2 aromatic carbocycles. The maximum atomic E-state index is 12.9. The van der Waals surface area contributed by atoms with Crippen molar-refractivity contribution in [3.8, 4) is 11.5 Å². The number of methoxy groups -OCH3 is 1. The molecular weight excluding hydrogens is 435 g/mol. The zero-order valence-electron chi connectivity index (χ0n) is 18.1. The van der Waals surface area contributed by atoms with E-state index in [0.717, 1.165) is 30.8 Å². The SMILES string of the molecule is CCCOc1c(Cl)cc(C(=O)NCC(c2ccc(OC)cc2)N2CCCCC2)cc1Cl. The molecule has 168 valence electrons. The van der Waals surface area contributed by atoms with Crippen molar-refractivity contribution >= 4 is 29.1 Å². The Morgan fingerprint density at radius 1 is 1.10 bits per heavy atom. The van der Waals surface area contributed by atoms with Gasteiger partial charge in [-0.1, -0.05) is 48.7 Å². The second-order valence-electron chi connectivity index (χ2n) is 7.71. The summed E-state index contributed by atoms with van der Waals surface area (Å²) in [6.07, 6.45) is 4.44. The number of halogens is 2. The molecule has 1 N–H and O–H groups in total. The Labute approximate surface area is 194 Å². The van der Waals surface area contributed by atoms with Gasteiger partial charge in [0.2, 0.25) is 0 Å². The summed E-state index contributed by atoms with van der Waals surface area (Å²) in [4.78, 5) is 15.3. The van der Waals surface area contributed by atoms with E-state index in [4.69, 9.17) is 32.7 Å². The Kier molecular flexibility index (Phi) is 8.88. The monoisotopic (exact) mass is 464 g/mol. The zero-order chi connectivity index (χ0) is 22.2. The van der Waals surface area contributed by atoms with Crippen LogP contribution in [0.4, 0.5) is 0 Å². The van der Waals surface area contributed by atoms with E-state index in [9.17, 15) is 4.79 Å². The summed E-state index contributed by atoms with van der Waals surface area (Å²) in [5, 5.41) is 3.75. The molecule has 0 saturated carbocycles. The molecule has 1 amide bonds. The van der Waals surface area contributed by atoms with E-state index >= 15 is 0 Å². The van der Waals surface area contributed by atoms with Gasteiger partial charge in [0, 0.05) is 12.1 Å². The lowest BCUT2D eigenvalue weighted by molar-refractivity contribution is 0.0924. The summed E-state index contributed by atoms with van der Waals surface area (Å²) < 4.78 is 10.9. The van der Waals surface area contributed by atoms with Crippen molar-refractivity contribution < 1.29 is 14.3 Å². The lowest BCUT2D eigenvalue weighted by atomic mass is 10.0. The third-order valence-electron chi connectivity index (χ3n) is 5.50. The molecule has 2 aromatic rings. The van der Waals surface area contributed by atoms with E-state index in [0.29, 0.717) is 34.5 Å². The minimum atomic E-state index is -0.207. The zero-order valence-corrected chi connectivity index (χ0v) is 19.6. The van der Waals surface area contributed by atoms with Gasteiger partial charge in [-0.15, -0.1) is 0 Å². The van der Waals surface area contributed by atoms with Crippen LogP contribution in [0.25, 0.3) is 0 Å². The average molecular weight is 465 g/mol. The maximum Gasteiger partial charge on any atom is 0.251 e. The van der Waals surface area contributed by atoms with Crippen LogP contribution in [0, 0.1) is 0 Å². The van der Waals surface area contributed by atoms with Gasteiger partial charge in [-0.3, -0.25) is 9.69 Å². The molecule has 0 aliphatic carbocycles. The van der Waals surface area contributed by atoms with E-state index in [2.05, 4.69) is 22.3 Å². The lowest BCUT2D eigenvalue weighted by Gasteiger charge is -2.35. The molecule has 0 spiro atoms. The highest BCUT2D eigenvalue weighted by molar-refractivity contribution is 6.37. The number of carbonyl (C=O) groups is 1. The van der Waals surface area contributed by atoms with Gasteiger partial charge in [0.25, 0.3) is 5.91 Å². The summed E-state index contributed by atoms with van der Waals surface area (Å²) in [6, 6.07) is 11.4. The number of piperidine rings is 1. The average Bonchev–Trinajstić information content (AvgIpc) is 2.79. The third kappa shape index (κ3) is 6.28. The summed E-state index contributed by atoms with van der Waals surface area (Å²) >= 11 is 12.6. The smallest absolute Gasteiger partial charge is 0.251 e. The normalized spacial score (nSPS) is 15.4. The van der Waals surface area contributed by atoms with Gasteiger partial charge in [-0.05, 0) is 62.2 Å². The molecule has 0 aromatic heterocycles. The van der Waals surface area contributed by atoms with E-state index in [1.165, 1.54) is 19.3 Å². The second kappa shape index (κ2) is 11.6. The topological polar surface area (TPSA) is 50.8 Å². The second-order valence-corrected chi connectivity index (χ2v) is 8.53. The van der Waals surface area contributed by atoms with Gasteiger partial charge in [0.1, 0.15) is 5.75 Å². The Morgan fingerprint density at radius 3 is 2.32 bits per heavy atom. The van der Waals surface area contributed by atoms with Crippen LogP contribution < -0.4 is 14.8 Å². The molecule has 0 bridgehead atoms. The van der Waals surface area contributed by atoms with Crippen molar-refractivity contribution in [1.29, 1.82) is 0 Å². The standard InChI is InChI=1S/C24H30Cl2N2O3/c1-3-13-31-23-20(25)14-18(15-21(23)26)24(29)27-16-22(28-11-5-4-6-12-28)17-7-9-19(30-2)10-8-17/h7-10,14-15,22H,3-6,11-13,16H2,1-2H3,(H,27,29). The van der Waals surface area contributed by atoms with Crippen LogP contribution in [0.1, 0.15) is 54.6 Å². The maximum absolute atomic E-state index is 12.9. The Morgan fingerprint density at radius 2 is 1.74 bits per heavy atom. The summed E-state index contributed by atoms with van der Waals surface area (Å²) in [7, 11) is 1.66. The van der Waals surface area contributed by atoms with Crippen molar-refractivity contribution in [1.82, 2.24) is 10.2 Å². The fraction of sp³-hybridized carbons (Fsp3) is 0.458. The van der Waals surface area contributed by atoms with Crippen LogP contribution in [0.15, 0.2) is 36.4 Å². The summed E-state index contributed by atoms with van der Waals surface area (Å²) in [5.41, 5.74) is 1.58. The molecule has 7 heteroatoms. The third-order valence-corrected chi connectivity index (χ3v) is 6.06. The van der Waals surface area contributed by atoms with Crippen LogP contribution in [0.3, 0.4) is 0 Å². The van der Waals surface area contributed by atoms with Crippen molar-refractivity contribution in [2.45, 2.75) is 38.6 Å². The molecule has 0 radical (unpaired) electrons. The van der Waals surface area contributed by atoms with Gasteiger partial charge in [0.05, 0.1) is 29.8 Å². The minimum Gasteiger partial charge on any atom is -0.497 e. The highest BCUT2D eigenvalue weighted by Gasteiger charge is 2.23. The molecule has 5 nitrogen and oxygen atoms in total. The van der Waals surface area contributed by atoms with Crippen LogP contribution >= 0.6 is 23.2 Å². The van der Waals surface area contributed by atoms with Gasteiger partial charge in [0.15, 0.2) is 5.75 Å². The molecule has 1 aliphatic rings. The van der Waals surface area contributed by atoms with Gasteiger partial charge < -0.3 is 14.8 Å². The highest BCUT2D eigenvalue weighted by atomic mass is 35.5. The number of amides is 1. The first kappa shape index (κ1) is 23.7. The van der Waals surface area contributed by atoms with Crippen molar-refractivity contribution in [3.05, 3.63) is 57.6 Å². The van der Waals surface area contributed by atoms with Gasteiger partial charge in [-0.25, -0.2) is 0 Å². The van der Waals surface area contributed by atoms with Crippen LogP contribution in [-0.2, 0) is 0 Å². The van der Waals surface area contributed by atoms with E-state index < -0.39 is 0 Å². The molecule has 1 saturated heterocycles. The predicted molar refractivity (Wildman–Crippen MR) is 126 cm³/mol. The van der Waals surface area contributed by atoms with Gasteiger partial charge in [-0.2, -0.15) is 0 Å². The number of rotatable bonds is 9. The van der Waals surface area contributed by atoms with E-state index in [1.807, 2.05) is 19.1 Å². The van der Waals surface area contributed by atoms with Crippen molar-refractivity contribution in [2.24, 2.45) is 0 Å². The van der Waals surface area contributed by atoms with Crippen LogP contribution in [-0.4, -0.2) is 44.2 Å². The van der Waals surface area contributed by atoms with E-state index in [-0.39, 0.29) is 11.9 Å². The number of hydrogen-bond donors (Lipinski definition) is 1. The van der Waals surface area contributed by atoms with Crippen LogP contribution in [0.5, 0.6) is 11.5 Å². The molecule has 3 rings (SSSR count). The molecule has 1 heterocycles. The molecule has 1 fully saturated rings. The first-order valence-corrected chi connectivity index (χ1v) is 11.6. The number of ether oxygens (including phenoxy) is 2. The Balaban J connectivity index is 1.73. The summed E-state index contributed by atoms with van der Waals surface area (Å²) in [5.74, 6) is 1.03. The number of carbonyl (C=O) groups excluding carboxylic acids is 1. The predicted octanol–water partition coefficient (Wildman–Crippen LogP) is 5.75. The Hall–Kier alpha value is -1.95. The first-order valence-electron chi connectivity index (χ1n) is 10.8. The fourth-order valence-electron chi connectivity index (χ4n) is 3.84. The van der Waals surface area contributed by atoms with Crippen molar-refractivity contribution in [2.75, 3.05) is 33.4 Å². The van der Waals surface area contributed by atoms with E-state index in [1.54, 1.807) is 19.2 Å². The largest absolute Gasteiger partial charge is 0.497 e. The molecule has 1 unspecified atom stereocenters. The number of nitrogens with one attached hydrogen (secondary N) is 1. The molecule has 1 aliphatic heterocycles. The fourth-order valence-corrected chi connectivity index (χ4v) is 4.43. The lowest BCUT2D eigenvalue weighted by Crippen LogP contribution is -2.40. The summed E-state index contributed by atoms with van der Waals surface area (Å²) in [6.45, 7) is 5.06.